The largest absolute Gasteiger partial charge is 0.484 e. The maximum atomic E-state index is 13.0. The summed E-state index contributed by atoms with van der Waals surface area (Å²) < 4.78 is 40.1. The molecule has 0 saturated carbocycles. The summed E-state index contributed by atoms with van der Waals surface area (Å²) in [4.78, 5) is 23.9. The van der Waals surface area contributed by atoms with Crippen molar-refractivity contribution >= 4 is 50.9 Å². The Morgan fingerprint density at radius 3 is 2.33 bits per heavy atom. The highest BCUT2D eigenvalue weighted by atomic mass is 35.5. The first-order chi connectivity index (χ1) is 15.6. The number of carbonyl (C=O) groups is 2. The Morgan fingerprint density at radius 2 is 1.67 bits per heavy atom. The zero-order chi connectivity index (χ0) is 24.0. The summed E-state index contributed by atoms with van der Waals surface area (Å²) in [5.41, 5.74) is 1.33. The molecule has 0 fully saturated rings. The van der Waals surface area contributed by atoms with Crippen LogP contribution in [-0.2, 0) is 21.6 Å². The summed E-state index contributed by atoms with van der Waals surface area (Å²) in [6.07, 6.45) is 0. The molecular weight excluding hydrogens is 494 g/mol. The minimum absolute atomic E-state index is 0.153. The maximum Gasteiger partial charge on any atom is 0.332 e. The van der Waals surface area contributed by atoms with E-state index in [0.29, 0.717) is 21.5 Å². The van der Waals surface area contributed by atoms with Crippen molar-refractivity contribution in [3.8, 4) is 5.75 Å². The summed E-state index contributed by atoms with van der Waals surface area (Å²) in [6, 6.07) is 15.9. The van der Waals surface area contributed by atoms with Gasteiger partial charge in [-0.1, -0.05) is 35.3 Å². The van der Waals surface area contributed by atoms with Crippen LogP contribution in [-0.4, -0.2) is 26.8 Å². The van der Waals surface area contributed by atoms with Crippen LogP contribution in [0.25, 0.3) is 0 Å². The quantitative estimate of drug-likeness (QED) is 0.431. The standard InChI is InChI=1S/C22H17Cl2FN2O5S/c23-19-9-6-17(11-20(19)24)32-13-21(28)26-12-14-2-1-3-16(10-14)27-22(29)15-4-7-18(8-5-15)33(25,30)31/h1-11H,12-13H2,(H,26,28)(H,27,29). The van der Waals surface area contributed by atoms with E-state index in [1.807, 2.05) is 0 Å². The van der Waals surface area contributed by atoms with Gasteiger partial charge in [0.05, 0.1) is 14.9 Å². The zero-order valence-electron chi connectivity index (χ0n) is 16.8. The van der Waals surface area contributed by atoms with Gasteiger partial charge in [0, 0.05) is 23.9 Å². The molecule has 0 aliphatic carbocycles. The molecule has 0 aliphatic rings. The fourth-order valence-electron chi connectivity index (χ4n) is 2.70. The monoisotopic (exact) mass is 510 g/mol. The summed E-state index contributed by atoms with van der Waals surface area (Å²) in [5.74, 6) is -0.464. The van der Waals surface area contributed by atoms with Crippen molar-refractivity contribution in [1.82, 2.24) is 5.32 Å². The molecule has 0 bridgehead atoms. The van der Waals surface area contributed by atoms with Gasteiger partial charge < -0.3 is 15.4 Å². The van der Waals surface area contributed by atoms with Crippen LogP contribution in [0.2, 0.25) is 10.0 Å². The highest BCUT2D eigenvalue weighted by Gasteiger charge is 2.13. The molecular formula is C22H17Cl2FN2O5S. The van der Waals surface area contributed by atoms with Crippen LogP contribution >= 0.6 is 23.2 Å². The van der Waals surface area contributed by atoms with Gasteiger partial charge in [0.25, 0.3) is 11.8 Å². The second-order valence-corrected chi connectivity index (χ2v) is 8.92. The first kappa shape index (κ1) is 24.5. The molecule has 0 saturated heterocycles. The minimum atomic E-state index is -4.83. The number of nitrogens with one attached hydrogen (secondary N) is 2. The third kappa shape index (κ3) is 7.18. The van der Waals surface area contributed by atoms with Crippen molar-refractivity contribution in [2.45, 2.75) is 11.4 Å². The van der Waals surface area contributed by atoms with Crippen LogP contribution in [0.4, 0.5) is 9.57 Å². The summed E-state index contributed by atoms with van der Waals surface area (Å²) in [5, 5.41) is 6.05. The highest BCUT2D eigenvalue weighted by Crippen LogP contribution is 2.26. The molecule has 0 unspecified atom stereocenters. The number of carbonyl (C=O) groups excluding carboxylic acids is 2. The molecule has 3 rings (SSSR count). The number of hydrogen-bond donors (Lipinski definition) is 2. The van der Waals surface area contributed by atoms with E-state index in [1.165, 1.54) is 18.2 Å². The molecule has 2 N–H and O–H groups in total. The molecule has 33 heavy (non-hydrogen) atoms. The number of anilines is 1. The lowest BCUT2D eigenvalue weighted by molar-refractivity contribution is -0.123. The number of amides is 2. The number of rotatable bonds is 8. The van der Waals surface area contributed by atoms with Crippen LogP contribution < -0.4 is 15.4 Å². The second-order valence-electron chi connectivity index (χ2n) is 6.76. The van der Waals surface area contributed by atoms with Crippen molar-refractivity contribution in [2.24, 2.45) is 0 Å². The molecule has 172 valence electrons. The molecule has 0 aliphatic heterocycles. The first-order valence-electron chi connectivity index (χ1n) is 9.41. The SMILES string of the molecule is O=C(COc1ccc(Cl)c(Cl)c1)NCc1cccc(NC(=O)c2ccc(S(=O)(=O)F)cc2)c1. The summed E-state index contributed by atoms with van der Waals surface area (Å²) >= 11 is 11.7. The molecule has 3 aromatic rings. The van der Waals surface area contributed by atoms with Crippen LogP contribution in [0, 0.1) is 0 Å². The minimum Gasteiger partial charge on any atom is -0.484 e. The highest BCUT2D eigenvalue weighted by molar-refractivity contribution is 7.86. The number of halogens is 3. The van der Waals surface area contributed by atoms with E-state index in [9.17, 15) is 21.9 Å². The van der Waals surface area contributed by atoms with Crippen molar-refractivity contribution in [3.63, 3.8) is 0 Å². The van der Waals surface area contributed by atoms with Gasteiger partial charge >= 0.3 is 10.2 Å². The van der Waals surface area contributed by atoms with E-state index in [1.54, 1.807) is 36.4 Å². The van der Waals surface area contributed by atoms with E-state index < -0.39 is 21.0 Å². The van der Waals surface area contributed by atoms with Crippen molar-refractivity contribution in [1.29, 1.82) is 0 Å². The molecule has 0 atom stereocenters. The Kier molecular flexibility index (Phi) is 7.91. The van der Waals surface area contributed by atoms with Gasteiger partial charge in [-0.05, 0) is 54.1 Å². The lowest BCUT2D eigenvalue weighted by Crippen LogP contribution is -2.28. The lowest BCUT2D eigenvalue weighted by Gasteiger charge is -2.10. The maximum absolute atomic E-state index is 13.0. The third-order valence-corrected chi connectivity index (χ3v) is 5.91. The van der Waals surface area contributed by atoms with Crippen LogP contribution in [0.3, 0.4) is 0 Å². The first-order valence-corrected chi connectivity index (χ1v) is 11.6. The van der Waals surface area contributed by atoms with Gasteiger partial charge in [0.2, 0.25) is 0 Å². The topological polar surface area (TPSA) is 102 Å². The fraction of sp³-hybridized carbons (Fsp3) is 0.0909. The zero-order valence-corrected chi connectivity index (χ0v) is 19.2. The summed E-state index contributed by atoms with van der Waals surface area (Å²) in [6.45, 7) is -0.0324. The molecule has 2 amide bonds. The molecule has 0 spiro atoms. The predicted molar refractivity (Wildman–Crippen MR) is 123 cm³/mol. The Labute approximate surface area is 199 Å². The van der Waals surface area contributed by atoms with Crippen LogP contribution in [0.1, 0.15) is 15.9 Å². The van der Waals surface area contributed by atoms with Crippen LogP contribution in [0.15, 0.2) is 71.6 Å². The van der Waals surface area contributed by atoms with Crippen molar-refractivity contribution < 1.29 is 26.6 Å². The fourth-order valence-corrected chi connectivity index (χ4v) is 3.45. The smallest absolute Gasteiger partial charge is 0.332 e. The number of benzene rings is 3. The molecule has 0 heterocycles. The Bertz CT molecular complexity index is 1280. The van der Waals surface area contributed by atoms with E-state index in [4.69, 9.17) is 27.9 Å². The Balaban J connectivity index is 1.53. The second kappa shape index (κ2) is 10.7. The third-order valence-electron chi connectivity index (χ3n) is 4.33. The number of hydrogen-bond acceptors (Lipinski definition) is 5. The lowest BCUT2D eigenvalue weighted by atomic mass is 10.1. The van der Waals surface area contributed by atoms with Gasteiger partial charge in [-0.25, -0.2) is 0 Å². The predicted octanol–water partition coefficient (Wildman–Crippen LogP) is 4.60. The Morgan fingerprint density at radius 1 is 0.939 bits per heavy atom. The van der Waals surface area contributed by atoms with Crippen molar-refractivity contribution in [2.75, 3.05) is 11.9 Å². The molecule has 7 nitrogen and oxygen atoms in total. The van der Waals surface area contributed by atoms with Gasteiger partial charge in [-0.3, -0.25) is 9.59 Å². The normalized spacial score (nSPS) is 11.0. The van der Waals surface area contributed by atoms with Gasteiger partial charge in [-0.2, -0.15) is 8.42 Å². The van der Waals surface area contributed by atoms with E-state index in [0.717, 1.165) is 17.7 Å². The van der Waals surface area contributed by atoms with Crippen LogP contribution in [0.5, 0.6) is 5.75 Å². The van der Waals surface area contributed by atoms with Crippen molar-refractivity contribution in [3.05, 3.63) is 87.9 Å². The average Bonchev–Trinajstić information content (AvgIpc) is 2.78. The van der Waals surface area contributed by atoms with E-state index in [2.05, 4.69) is 10.6 Å². The van der Waals surface area contributed by atoms with Gasteiger partial charge in [0.1, 0.15) is 5.75 Å². The number of ether oxygens (including phenoxy) is 1. The molecule has 0 aromatic heterocycles. The average molecular weight is 511 g/mol. The molecule has 11 heteroatoms. The van der Waals surface area contributed by atoms with Gasteiger partial charge in [0.15, 0.2) is 6.61 Å². The summed E-state index contributed by atoms with van der Waals surface area (Å²) in [7, 11) is -4.83. The van der Waals surface area contributed by atoms with E-state index in [-0.39, 0.29) is 24.6 Å². The Hall–Kier alpha value is -3.14. The van der Waals surface area contributed by atoms with Gasteiger partial charge in [-0.15, -0.1) is 3.89 Å². The van der Waals surface area contributed by atoms with E-state index >= 15 is 0 Å². The molecule has 3 aromatic carbocycles. The molecule has 0 radical (unpaired) electrons.